The van der Waals surface area contributed by atoms with Crippen LogP contribution >= 0.6 is 11.6 Å². The fourth-order valence-electron chi connectivity index (χ4n) is 3.53. The number of halogens is 1. The summed E-state index contributed by atoms with van der Waals surface area (Å²) in [6, 6.07) is 0.204. The Morgan fingerprint density at radius 3 is 2.85 bits per heavy atom. The molecule has 1 aliphatic heterocycles. The van der Waals surface area contributed by atoms with Crippen molar-refractivity contribution in [3.05, 3.63) is 21.6 Å². The molecule has 1 aromatic rings. The van der Waals surface area contributed by atoms with Crippen molar-refractivity contribution in [3.8, 4) is 0 Å². The minimum absolute atomic E-state index is 0.00815. The molecule has 1 aliphatic carbocycles. The van der Waals surface area contributed by atoms with Gasteiger partial charge in [-0.15, -0.1) is 0 Å². The van der Waals surface area contributed by atoms with Crippen molar-refractivity contribution in [1.82, 2.24) is 15.1 Å². The standard InChI is InChI=1S/C17H25ClN4O5/c18-15-14(7-19-22(16(15)25)8-12(24)10-23)21-6-5-13(9-21)27-17(26)20-11-3-1-2-4-11/h7,11-13,23-24H,1-6,8-10H2,(H,20,26)/t12?,13-/m1/s1. The zero-order valence-electron chi connectivity index (χ0n) is 15.0. The maximum atomic E-state index is 12.3. The number of carbonyl (C=O) groups is 1. The number of amides is 1. The molecule has 2 aliphatic rings. The number of nitrogens with zero attached hydrogens (tertiary/aromatic N) is 3. The number of rotatable bonds is 6. The summed E-state index contributed by atoms with van der Waals surface area (Å²) in [4.78, 5) is 26.2. The minimum Gasteiger partial charge on any atom is -0.444 e. The van der Waals surface area contributed by atoms with Gasteiger partial charge >= 0.3 is 6.09 Å². The van der Waals surface area contributed by atoms with Crippen LogP contribution in [0.15, 0.2) is 11.0 Å². The Bertz CT molecular complexity index is 722. The second-order valence-electron chi connectivity index (χ2n) is 7.06. The highest BCUT2D eigenvalue weighted by Crippen LogP contribution is 2.26. The summed E-state index contributed by atoms with van der Waals surface area (Å²) in [5.41, 5.74) is -0.0660. The van der Waals surface area contributed by atoms with E-state index in [1.807, 2.05) is 4.90 Å². The lowest BCUT2D eigenvalue weighted by molar-refractivity contribution is 0.0770. The predicted molar refractivity (Wildman–Crippen MR) is 99.1 cm³/mol. The number of hydrogen-bond acceptors (Lipinski definition) is 7. The van der Waals surface area contributed by atoms with E-state index in [1.54, 1.807) is 0 Å². The van der Waals surface area contributed by atoms with Gasteiger partial charge in [0, 0.05) is 19.0 Å². The fourth-order valence-corrected chi connectivity index (χ4v) is 3.80. The normalized spacial score (nSPS) is 21.4. The van der Waals surface area contributed by atoms with Gasteiger partial charge in [0.15, 0.2) is 0 Å². The largest absolute Gasteiger partial charge is 0.444 e. The molecule has 2 fully saturated rings. The van der Waals surface area contributed by atoms with Crippen molar-refractivity contribution in [2.75, 3.05) is 24.6 Å². The molecule has 150 valence electrons. The fraction of sp³-hybridized carbons (Fsp3) is 0.706. The maximum Gasteiger partial charge on any atom is 0.407 e. The molecule has 9 nitrogen and oxygen atoms in total. The van der Waals surface area contributed by atoms with E-state index < -0.39 is 24.4 Å². The first-order valence-electron chi connectivity index (χ1n) is 9.24. The molecule has 0 aromatic carbocycles. The topological polar surface area (TPSA) is 117 Å². The summed E-state index contributed by atoms with van der Waals surface area (Å²) in [6.07, 6.45) is 4.59. The number of ether oxygens (including phenoxy) is 1. The first-order valence-corrected chi connectivity index (χ1v) is 9.62. The van der Waals surface area contributed by atoms with Crippen molar-refractivity contribution in [3.63, 3.8) is 0 Å². The molecular weight excluding hydrogens is 376 g/mol. The average molecular weight is 401 g/mol. The number of aliphatic hydroxyl groups excluding tert-OH is 2. The van der Waals surface area contributed by atoms with Crippen LogP contribution in [0.25, 0.3) is 0 Å². The Labute approximate surface area is 161 Å². The lowest BCUT2D eigenvalue weighted by Gasteiger charge is -2.20. The number of hydrogen-bond donors (Lipinski definition) is 3. The summed E-state index contributed by atoms with van der Waals surface area (Å²) in [7, 11) is 0. The van der Waals surface area contributed by atoms with Gasteiger partial charge in [0.1, 0.15) is 11.1 Å². The van der Waals surface area contributed by atoms with Crippen LogP contribution in [0.2, 0.25) is 5.02 Å². The van der Waals surface area contributed by atoms with Crippen molar-refractivity contribution in [2.45, 2.75) is 56.9 Å². The molecule has 3 rings (SSSR count). The van der Waals surface area contributed by atoms with Gasteiger partial charge in [-0.2, -0.15) is 5.10 Å². The first kappa shape index (κ1) is 19.9. The van der Waals surface area contributed by atoms with E-state index in [4.69, 9.17) is 21.4 Å². The molecule has 3 N–H and O–H groups in total. The molecule has 1 aromatic heterocycles. The maximum absolute atomic E-state index is 12.3. The van der Waals surface area contributed by atoms with Crippen molar-refractivity contribution in [1.29, 1.82) is 0 Å². The van der Waals surface area contributed by atoms with Crippen LogP contribution in [-0.2, 0) is 11.3 Å². The van der Waals surface area contributed by atoms with E-state index in [0.29, 0.717) is 25.2 Å². The number of aromatic nitrogens is 2. The van der Waals surface area contributed by atoms with Crippen LogP contribution in [0.1, 0.15) is 32.1 Å². The number of aliphatic hydroxyl groups is 2. The summed E-state index contributed by atoms with van der Waals surface area (Å²) >= 11 is 6.19. The minimum atomic E-state index is -1.08. The lowest BCUT2D eigenvalue weighted by Crippen LogP contribution is -2.36. The highest BCUT2D eigenvalue weighted by molar-refractivity contribution is 6.33. The highest BCUT2D eigenvalue weighted by Gasteiger charge is 2.29. The molecule has 1 amide bonds. The third-order valence-electron chi connectivity index (χ3n) is 5.00. The molecule has 1 saturated heterocycles. The number of alkyl carbamates (subject to hydrolysis) is 1. The quantitative estimate of drug-likeness (QED) is 0.636. The predicted octanol–water partition coefficient (Wildman–Crippen LogP) is 0.497. The van der Waals surface area contributed by atoms with E-state index in [2.05, 4.69) is 10.4 Å². The summed E-state index contributed by atoms with van der Waals surface area (Å²) in [6.45, 7) is 0.414. The van der Waals surface area contributed by atoms with Gasteiger partial charge in [0.05, 0.1) is 37.7 Å². The van der Waals surface area contributed by atoms with Crippen molar-refractivity contribution < 1.29 is 19.7 Å². The highest BCUT2D eigenvalue weighted by atomic mass is 35.5. The van der Waals surface area contributed by atoms with Crippen LogP contribution in [0.4, 0.5) is 10.5 Å². The Hall–Kier alpha value is -1.84. The number of nitrogens with one attached hydrogen (secondary N) is 1. The molecule has 2 heterocycles. The Kier molecular flexibility index (Phi) is 6.56. The third kappa shape index (κ3) is 4.91. The van der Waals surface area contributed by atoms with Crippen LogP contribution in [0.3, 0.4) is 0 Å². The number of carbonyl (C=O) groups excluding carboxylic acids is 1. The molecule has 0 bridgehead atoms. The SMILES string of the molecule is O=C(NC1CCCC1)O[C@@H]1CCN(c2cnn(CC(O)CO)c(=O)c2Cl)C1. The van der Waals surface area contributed by atoms with Gasteiger partial charge in [-0.05, 0) is 12.8 Å². The molecule has 10 heteroatoms. The Morgan fingerprint density at radius 1 is 1.41 bits per heavy atom. The van der Waals surface area contributed by atoms with Crippen LogP contribution < -0.4 is 15.8 Å². The van der Waals surface area contributed by atoms with E-state index in [0.717, 1.165) is 30.4 Å². The Balaban J connectivity index is 1.58. The monoisotopic (exact) mass is 400 g/mol. The van der Waals surface area contributed by atoms with Crippen LogP contribution in [0, 0.1) is 0 Å². The lowest BCUT2D eigenvalue weighted by atomic mass is 10.3. The molecular formula is C17H25ClN4O5. The van der Waals surface area contributed by atoms with Crippen molar-refractivity contribution >= 4 is 23.4 Å². The second kappa shape index (κ2) is 8.90. The smallest absolute Gasteiger partial charge is 0.407 e. The molecule has 0 radical (unpaired) electrons. The summed E-state index contributed by atoms with van der Waals surface area (Å²) < 4.78 is 6.51. The van der Waals surface area contributed by atoms with Gasteiger partial charge in [0.25, 0.3) is 5.56 Å². The van der Waals surface area contributed by atoms with Gasteiger partial charge in [-0.25, -0.2) is 9.48 Å². The molecule has 1 saturated carbocycles. The number of anilines is 1. The van der Waals surface area contributed by atoms with E-state index in [9.17, 15) is 14.7 Å². The zero-order chi connectivity index (χ0) is 19.4. The average Bonchev–Trinajstić information content (AvgIpc) is 3.31. The van der Waals surface area contributed by atoms with E-state index in [-0.39, 0.29) is 23.7 Å². The molecule has 2 atom stereocenters. The van der Waals surface area contributed by atoms with E-state index >= 15 is 0 Å². The van der Waals surface area contributed by atoms with Crippen LogP contribution in [-0.4, -0.2) is 64.0 Å². The molecule has 0 spiro atoms. The summed E-state index contributed by atoms with van der Waals surface area (Å²) in [5, 5.41) is 25.3. The van der Waals surface area contributed by atoms with Gasteiger partial charge in [-0.3, -0.25) is 4.79 Å². The Morgan fingerprint density at radius 2 is 2.15 bits per heavy atom. The first-order chi connectivity index (χ1) is 13.0. The van der Waals surface area contributed by atoms with E-state index in [1.165, 1.54) is 6.20 Å². The van der Waals surface area contributed by atoms with Gasteiger partial charge in [-0.1, -0.05) is 24.4 Å². The van der Waals surface area contributed by atoms with Crippen molar-refractivity contribution in [2.24, 2.45) is 0 Å². The van der Waals surface area contributed by atoms with Gasteiger partial charge in [0.2, 0.25) is 0 Å². The van der Waals surface area contributed by atoms with Gasteiger partial charge < -0.3 is 25.2 Å². The summed E-state index contributed by atoms with van der Waals surface area (Å²) in [5.74, 6) is 0. The zero-order valence-corrected chi connectivity index (χ0v) is 15.8. The second-order valence-corrected chi connectivity index (χ2v) is 7.43. The molecule has 1 unspecified atom stereocenters. The molecule has 27 heavy (non-hydrogen) atoms. The van der Waals surface area contributed by atoms with Crippen LogP contribution in [0.5, 0.6) is 0 Å². The third-order valence-corrected chi connectivity index (χ3v) is 5.35.